The number of rotatable bonds is 6. The quantitative estimate of drug-likeness (QED) is 0.791. The number of carboxylic acid groups (broad SMARTS) is 1. The molecule has 1 amide bonds. The van der Waals surface area contributed by atoms with Gasteiger partial charge in [0.15, 0.2) is 0 Å². The highest BCUT2D eigenvalue weighted by molar-refractivity contribution is 7.15. The Kier molecular flexibility index (Phi) is 5.95. The third-order valence-electron chi connectivity index (χ3n) is 3.41. The molecule has 0 aliphatic carbocycles. The van der Waals surface area contributed by atoms with E-state index in [1.165, 1.54) is 17.4 Å². The fourth-order valence-corrected chi connectivity index (χ4v) is 2.67. The van der Waals surface area contributed by atoms with Gasteiger partial charge in [-0.1, -0.05) is 20.3 Å². The normalized spacial score (nSPS) is 14.2. The Morgan fingerprint density at radius 2 is 2.10 bits per heavy atom. The van der Waals surface area contributed by atoms with Crippen molar-refractivity contribution in [2.24, 2.45) is 5.92 Å². The van der Waals surface area contributed by atoms with Crippen LogP contribution in [-0.4, -0.2) is 23.0 Å². The predicted octanol–water partition coefficient (Wildman–Crippen LogP) is 3.32. The molecule has 0 fully saturated rings. The van der Waals surface area contributed by atoms with Crippen molar-refractivity contribution in [2.75, 3.05) is 0 Å². The van der Waals surface area contributed by atoms with E-state index in [0.717, 1.165) is 22.9 Å². The summed E-state index contributed by atoms with van der Waals surface area (Å²) in [4.78, 5) is 24.1. The number of aryl methyl sites for hydroxylation is 1. The van der Waals surface area contributed by atoms with Crippen molar-refractivity contribution in [3.8, 4) is 0 Å². The molecule has 0 aromatic carbocycles. The van der Waals surface area contributed by atoms with Crippen LogP contribution in [0.2, 0.25) is 0 Å². The summed E-state index contributed by atoms with van der Waals surface area (Å²) >= 11 is 1.31. The predicted molar refractivity (Wildman–Crippen MR) is 82.1 cm³/mol. The molecule has 2 unspecified atom stereocenters. The molecule has 1 aromatic heterocycles. The van der Waals surface area contributed by atoms with Crippen molar-refractivity contribution in [3.05, 3.63) is 27.5 Å². The first-order chi connectivity index (χ1) is 9.35. The largest absolute Gasteiger partial charge is 0.478 e. The Morgan fingerprint density at radius 1 is 1.45 bits per heavy atom. The lowest BCUT2D eigenvalue weighted by Crippen LogP contribution is -2.36. The van der Waals surface area contributed by atoms with Gasteiger partial charge in [0.25, 0.3) is 5.91 Å². The zero-order valence-electron chi connectivity index (χ0n) is 12.3. The summed E-state index contributed by atoms with van der Waals surface area (Å²) in [6.45, 7) is 8.06. The molecule has 2 atom stereocenters. The molecule has 0 bridgehead atoms. The van der Waals surface area contributed by atoms with E-state index >= 15 is 0 Å². The minimum absolute atomic E-state index is 0.0964. The summed E-state index contributed by atoms with van der Waals surface area (Å²) in [7, 11) is 0. The fourth-order valence-electron chi connectivity index (χ4n) is 1.69. The fraction of sp³-hybridized carbons (Fsp3) is 0.467. The smallest absolute Gasteiger partial charge is 0.328 e. The van der Waals surface area contributed by atoms with E-state index in [2.05, 4.69) is 19.2 Å². The summed E-state index contributed by atoms with van der Waals surface area (Å²) in [6.07, 6.45) is 3.62. The van der Waals surface area contributed by atoms with Gasteiger partial charge >= 0.3 is 5.97 Å². The molecule has 5 heteroatoms. The lowest BCUT2D eigenvalue weighted by molar-refractivity contribution is -0.131. The molecule has 0 saturated heterocycles. The van der Waals surface area contributed by atoms with Gasteiger partial charge in [0, 0.05) is 17.0 Å². The number of thiophene rings is 1. The molecule has 0 aliphatic rings. The first-order valence-electron chi connectivity index (χ1n) is 6.67. The number of carbonyl (C=O) groups excluding carboxylic acids is 1. The molecule has 0 radical (unpaired) electrons. The Balaban J connectivity index is 2.80. The number of carbonyl (C=O) groups is 2. The van der Waals surface area contributed by atoms with Gasteiger partial charge in [-0.3, -0.25) is 4.79 Å². The lowest BCUT2D eigenvalue weighted by atomic mass is 10.0. The second kappa shape index (κ2) is 7.24. The van der Waals surface area contributed by atoms with Crippen LogP contribution >= 0.6 is 11.3 Å². The van der Waals surface area contributed by atoms with Gasteiger partial charge in [0.1, 0.15) is 0 Å². The summed E-state index contributed by atoms with van der Waals surface area (Å²) in [6, 6.07) is 1.91. The Morgan fingerprint density at radius 3 is 2.65 bits per heavy atom. The van der Waals surface area contributed by atoms with Crippen LogP contribution in [-0.2, 0) is 4.79 Å². The van der Waals surface area contributed by atoms with E-state index in [4.69, 9.17) is 5.11 Å². The van der Waals surface area contributed by atoms with Gasteiger partial charge in [0.2, 0.25) is 0 Å². The SMILES string of the molecule is CCC(C)C(C)NC(=O)c1cc(C)c(/C=C/C(=O)O)s1. The highest BCUT2D eigenvalue weighted by atomic mass is 32.1. The van der Waals surface area contributed by atoms with E-state index in [9.17, 15) is 9.59 Å². The van der Waals surface area contributed by atoms with Crippen LogP contribution in [0.15, 0.2) is 12.1 Å². The molecule has 20 heavy (non-hydrogen) atoms. The first kappa shape index (κ1) is 16.4. The van der Waals surface area contributed by atoms with E-state index < -0.39 is 5.97 Å². The Hall–Kier alpha value is -1.62. The molecule has 4 nitrogen and oxygen atoms in total. The van der Waals surface area contributed by atoms with Crippen LogP contribution in [0.4, 0.5) is 0 Å². The van der Waals surface area contributed by atoms with Gasteiger partial charge in [-0.15, -0.1) is 11.3 Å². The van der Waals surface area contributed by atoms with Gasteiger partial charge in [-0.25, -0.2) is 4.79 Å². The minimum atomic E-state index is -0.991. The molecular formula is C15H21NO3S. The van der Waals surface area contributed by atoms with Crippen molar-refractivity contribution in [3.63, 3.8) is 0 Å². The summed E-state index contributed by atoms with van der Waals surface area (Å²) in [5.41, 5.74) is 0.911. The van der Waals surface area contributed by atoms with E-state index in [1.807, 2.05) is 13.8 Å². The molecule has 2 N–H and O–H groups in total. The second-order valence-electron chi connectivity index (χ2n) is 4.98. The maximum absolute atomic E-state index is 12.1. The van der Waals surface area contributed by atoms with Crippen LogP contribution < -0.4 is 5.32 Å². The highest BCUT2D eigenvalue weighted by Crippen LogP contribution is 2.23. The number of amides is 1. The van der Waals surface area contributed by atoms with Crippen LogP contribution in [0, 0.1) is 12.8 Å². The lowest BCUT2D eigenvalue weighted by Gasteiger charge is -2.19. The number of hydrogen-bond acceptors (Lipinski definition) is 3. The highest BCUT2D eigenvalue weighted by Gasteiger charge is 2.16. The van der Waals surface area contributed by atoms with Crippen LogP contribution in [0.1, 0.15) is 47.3 Å². The molecule has 1 heterocycles. The zero-order chi connectivity index (χ0) is 15.3. The van der Waals surface area contributed by atoms with Gasteiger partial charge in [0.05, 0.1) is 4.88 Å². The molecule has 0 saturated carbocycles. The molecule has 110 valence electrons. The summed E-state index contributed by atoms with van der Waals surface area (Å²) in [5.74, 6) is -0.665. The molecular weight excluding hydrogens is 274 g/mol. The number of nitrogens with one attached hydrogen (secondary N) is 1. The van der Waals surface area contributed by atoms with E-state index in [-0.39, 0.29) is 11.9 Å². The summed E-state index contributed by atoms with van der Waals surface area (Å²) < 4.78 is 0. The van der Waals surface area contributed by atoms with Gasteiger partial charge < -0.3 is 10.4 Å². The maximum Gasteiger partial charge on any atom is 0.328 e. The topological polar surface area (TPSA) is 66.4 Å². The van der Waals surface area contributed by atoms with E-state index in [0.29, 0.717) is 10.8 Å². The third-order valence-corrected chi connectivity index (χ3v) is 4.61. The molecule has 0 spiro atoms. The third kappa shape index (κ3) is 4.49. The van der Waals surface area contributed by atoms with Crippen molar-refractivity contribution in [2.45, 2.75) is 40.2 Å². The Labute approximate surface area is 123 Å². The zero-order valence-corrected chi connectivity index (χ0v) is 13.1. The minimum Gasteiger partial charge on any atom is -0.478 e. The summed E-state index contributed by atoms with van der Waals surface area (Å²) in [5, 5.41) is 11.6. The second-order valence-corrected chi connectivity index (χ2v) is 6.06. The van der Waals surface area contributed by atoms with Gasteiger partial charge in [-0.05, 0) is 37.5 Å². The average molecular weight is 295 g/mol. The Bertz CT molecular complexity index is 519. The number of hydrogen-bond donors (Lipinski definition) is 2. The maximum atomic E-state index is 12.1. The number of aliphatic carboxylic acids is 1. The molecule has 1 rings (SSSR count). The van der Waals surface area contributed by atoms with Crippen LogP contribution in [0.25, 0.3) is 6.08 Å². The van der Waals surface area contributed by atoms with Crippen LogP contribution in [0.3, 0.4) is 0 Å². The average Bonchev–Trinajstić information content (AvgIpc) is 2.76. The van der Waals surface area contributed by atoms with Gasteiger partial charge in [-0.2, -0.15) is 0 Å². The van der Waals surface area contributed by atoms with Crippen LogP contribution in [0.5, 0.6) is 0 Å². The van der Waals surface area contributed by atoms with Crippen molar-refractivity contribution in [1.82, 2.24) is 5.32 Å². The molecule has 0 aliphatic heterocycles. The van der Waals surface area contributed by atoms with E-state index in [1.54, 1.807) is 6.07 Å². The standard InChI is InChI=1S/C15H21NO3S/c1-5-9(2)11(4)16-15(19)13-8-10(3)12(20-13)6-7-14(17)18/h6-9,11H,5H2,1-4H3,(H,16,19)(H,17,18)/b7-6+. The first-order valence-corrected chi connectivity index (χ1v) is 7.49. The number of carboxylic acids is 1. The van der Waals surface area contributed by atoms with Crippen molar-refractivity contribution < 1.29 is 14.7 Å². The monoisotopic (exact) mass is 295 g/mol. The van der Waals surface area contributed by atoms with Crippen molar-refractivity contribution in [1.29, 1.82) is 0 Å². The van der Waals surface area contributed by atoms with Crippen molar-refractivity contribution >= 4 is 29.3 Å². The molecule has 1 aromatic rings.